The number of aryl methyl sites for hydroxylation is 1. The minimum atomic E-state index is -0.0146. The molecule has 1 fully saturated rings. The molecule has 28 heavy (non-hydrogen) atoms. The highest BCUT2D eigenvalue weighted by Gasteiger charge is 2.25. The fourth-order valence-electron chi connectivity index (χ4n) is 3.54. The van der Waals surface area contributed by atoms with Crippen molar-refractivity contribution in [1.29, 1.82) is 0 Å². The standard InChI is InChI=1S/C23H29ClN2O2/c1-17-5-3-4-6-22(17)28-16-18(2)25-23(27)20-11-13-26(14-12-20)15-19-7-9-21(24)10-8-19/h3-10,18,20H,11-16H2,1-2H3,(H,25,27)/t18-/m1/s1. The van der Waals surface area contributed by atoms with E-state index < -0.39 is 0 Å². The highest BCUT2D eigenvalue weighted by atomic mass is 35.5. The van der Waals surface area contributed by atoms with E-state index in [9.17, 15) is 4.79 Å². The fraction of sp³-hybridized carbons (Fsp3) is 0.435. The zero-order valence-corrected chi connectivity index (χ0v) is 17.4. The van der Waals surface area contributed by atoms with Gasteiger partial charge in [-0.1, -0.05) is 41.9 Å². The lowest BCUT2D eigenvalue weighted by Gasteiger charge is -2.32. The lowest BCUT2D eigenvalue weighted by Crippen LogP contribution is -2.44. The number of benzene rings is 2. The molecule has 1 atom stereocenters. The number of piperidine rings is 1. The number of para-hydroxylation sites is 1. The van der Waals surface area contributed by atoms with Gasteiger partial charge in [-0.15, -0.1) is 0 Å². The molecule has 5 heteroatoms. The zero-order chi connectivity index (χ0) is 19.9. The molecule has 0 spiro atoms. The molecule has 0 saturated carbocycles. The summed E-state index contributed by atoms with van der Waals surface area (Å²) >= 11 is 5.95. The maximum atomic E-state index is 12.6. The summed E-state index contributed by atoms with van der Waals surface area (Å²) in [4.78, 5) is 15.0. The van der Waals surface area contributed by atoms with Crippen LogP contribution in [0.15, 0.2) is 48.5 Å². The average molecular weight is 401 g/mol. The number of carbonyl (C=O) groups is 1. The van der Waals surface area contributed by atoms with Crippen LogP contribution in [0, 0.1) is 12.8 Å². The first-order valence-corrected chi connectivity index (χ1v) is 10.3. The predicted octanol–water partition coefficient (Wildman–Crippen LogP) is 4.44. The highest BCUT2D eigenvalue weighted by molar-refractivity contribution is 6.30. The second-order valence-electron chi connectivity index (χ2n) is 7.66. The first kappa shape index (κ1) is 20.7. The molecule has 0 unspecified atom stereocenters. The summed E-state index contributed by atoms with van der Waals surface area (Å²) in [6, 6.07) is 15.9. The van der Waals surface area contributed by atoms with Crippen LogP contribution in [0.1, 0.15) is 30.9 Å². The number of ether oxygens (including phenoxy) is 1. The second kappa shape index (κ2) is 9.94. The predicted molar refractivity (Wildman–Crippen MR) is 114 cm³/mol. The van der Waals surface area contributed by atoms with Crippen LogP contribution in [-0.4, -0.2) is 36.5 Å². The normalized spacial score (nSPS) is 16.5. The quantitative estimate of drug-likeness (QED) is 0.746. The van der Waals surface area contributed by atoms with E-state index in [4.69, 9.17) is 16.3 Å². The third-order valence-corrected chi connectivity index (χ3v) is 5.50. The molecular formula is C23H29ClN2O2. The Balaban J connectivity index is 1.39. The summed E-state index contributed by atoms with van der Waals surface area (Å²) < 4.78 is 5.85. The number of rotatable bonds is 7. The van der Waals surface area contributed by atoms with Gasteiger partial charge >= 0.3 is 0 Å². The van der Waals surface area contributed by atoms with E-state index in [1.54, 1.807) is 0 Å². The molecule has 0 bridgehead atoms. The van der Waals surface area contributed by atoms with Gasteiger partial charge < -0.3 is 10.1 Å². The third-order valence-electron chi connectivity index (χ3n) is 5.25. The minimum Gasteiger partial charge on any atom is -0.491 e. The molecule has 3 rings (SSSR count). The molecule has 4 nitrogen and oxygen atoms in total. The van der Waals surface area contributed by atoms with Crippen LogP contribution in [0.2, 0.25) is 5.02 Å². The van der Waals surface area contributed by atoms with Crippen molar-refractivity contribution in [2.75, 3.05) is 19.7 Å². The Morgan fingerprint density at radius 3 is 2.54 bits per heavy atom. The maximum Gasteiger partial charge on any atom is 0.223 e. The van der Waals surface area contributed by atoms with Gasteiger partial charge in [-0.3, -0.25) is 9.69 Å². The minimum absolute atomic E-state index is 0.0146. The van der Waals surface area contributed by atoms with Crippen LogP contribution < -0.4 is 10.1 Å². The highest BCUT2D eigenvalue weighted by Crippen LogP contribution is 2.20. The van der Waals surface area contributed by atoms with Crippen molar-refractivity contribution in [2.24, 2.45) is 5.92 Å². The van der Waals surface area contributed by atoms with Crippen LogP contribution in [-0.2, 0) is 11.3 Å². The van der Waals surface area contributed by atoms with Crippen LogP contribution in [0.3, 0.4) is 0 Å². The van der Waals surface area contributed by atoms with Crippen molar-refractivity contribution in [3.8, 4) is 5.75 Å². The Morgan fingerprint density at radius 2 is 1.86 bits per heavy atom. The number of hydrogen-bond donors (Lipinski definition) is 1. The number of nitrogens with one attached hydrogen (secondary N) is 1. The van der Waals surface area contributed by atoms with E-state index >= 15 is 0 Å². The van der Waals surface area contributed by atoms with E-state index in [1.165, 1.54) is 5.56 Å². The first-order valence-electron chi connectivity index (χ1n) is 9.97. The Bertz CT molecular complexity index is 770. The number of likely N-dealkylation sites (tertiary alicyclic amines) is 1. The van der Waals surface area contributed by atoms with E-state index in [1.807, 2.05) is 50.2 Å². The topological polar surface area (TPSA) is 41.6 Å². The number of nitrogens with zero attached hydrogens (tertiary/aromatic N) is 1. The van der Waals surface area contributed by atoms with Gasteiger partial charge in [0.15, 0.2) is 0 Å². The number of amides is 1. The Kier molecular flexibility index (Phi) is 7.35. The van der Waals surface area contributed by atoms with Gasteiger partial charge in [0.2, 0.25) is 5.91 Å². The van der Waals surface area contributed by atoms with Crippen LogP contribution in [0.4, 0.5) is 0 Å². The summed E-state index contributed by atoms with van der Waals surface area (Å²) in [6.45, 7) is 7.28. The molecule has 2 aromatic rings. The SMILES string of the molecule is Cc1ccccc1OC[C@@H](C)NC(=O)C1CCN(Cc2ccc(Cl)cc2)CC1. The maximum absolute atomic E-state index is 12.6. The van der Waals surface area contributed by atoms with Crippen molar-refractivity contribution >= 4 is 17.5 Å². The molecule has 1 saturated heterocycles. The molecule has 1 aliphatic rings. The van der Waals surface area contributed by atoms with Crippen LogP contribution >= 0.6 is 11.6 Å². The fourth-order valence-corrected chi connectivity index (χ4v) is 3.66. The van der Waals surface area contributed by atoms with Gasteiger partial charge in [0.05, 0.1) is 6.04 Å². The second-order valence-corrected chi connectivity index (χ2v) is 8.10. The number of carbonyl (C=O) groups excluding carboxylic acids is 1. The van der Waals surface area contributed by atoms with Gasteiger partial charge in [-0.25, -0.2) is 0 Å². The lowest BCUT2D eigenvalue weighted by molar-refractivity contribution is -0.127. The molecule has 0 aromatic heterocycles. The van der Waals surface area contributed by atoms with Gasteiger partial charge in [0, 0.05) is 17.5 Å². The Hall–Kier alpha value is -2.04. The van der Waals surface area contributed by atoms with Crippen molar-refractivity contribution in [3.05, 3.63) is 64.7 Å². The summed E-state index contributed by atoms with van der Waals surface area (Å²) in [5.74, 6) is 1.11. The Labute approximate surface area is 172 Å². The molecular weight excluding hydrogens is 372 g/mol. The van der Waals surface area contributed by atoms with Crippen molar-refractivity contribution in [3.63, 3.8) is 0 Å². The molecule has 1 N–H and O–H groups in total. The van der Waals surface area contributed by atoms with E-state index in [0.717, 1.165) is 48.8 Å². The largest absolute Gasteiger partial charge is 0.491 e. The lowest BCUT2D eigenvalue weighted by atomic mass is 9.95. The third kappa shape index (κ3) is 5.98. The van der Waals surface area contributed by atoms with Gasteiger partial charge in [0.1, 0.15) is 12.4 Å². The molecule has 1 amide bonds. The molecule has 0 aliphatic carbocycles. The Morgan fingerprint density at radius 1 is 1.18 bits per heavy atom. The summed E-state index contributed by atoms with van der Waals surface area (Å²) in [6.07, 6.45) is 1.79. The summed E-state index contributed by atoms with van der Waals surface area (Å²) in [5, 5.41) is 3.88. The summed E-state index contributed by atoms with van der Waals surface area (Å²) in [5.41, 5.74) is 2.36. The molecule has 2 aromatic carbocycles. The van der Waals surface area contributed by atoms with Crippen molar-refractivity contribution < 1.29 is 9.53 Å². The first-order chi connectivity index (χ1) is 13.5. The van der Waals surface area contributed by atoms with Gasteiger partial charge in [-0.2, -0.15) is 0 Å². The molecule has 1 heterocycles. The molecule has 1 aliphatic heterocycles. The van der Waals surface area contributed by atoms with E-state index in [-0.39, 0.29) is 17.9 Å². The molecule has 150 valence electrons. The van der Waals surface area contributed by atoms with Crippen LogP contribution in [0.5, 0.6) is 5.75 Å². The van der Waals surface area contributed by atoms with E-state index in [0.29, 0.717) is 6.61 Å². The number of hydrogen-bond acceptors (Lipinski definition) is 3. The van der Waals surface area contributed by atoms with Crippen molar-refractivity contribution in [1.82, 2.24) is 10.2 Å². The van der Waals surface area contributed by atoms with Crippen molar-refractivity contribution in [2.45, 2.75) is 39.3 Å². The van der Waals surface area contributed by atoms with Gasteiger partial charge in [0.25, 0.3) is 0 Å². The van der Waals surface area contributed by atoms with E-state index in [2.05, 4.69) is 22.3 Å². The van der Waals surface area contributed by atoms with Crippen LogP contribution in [0.25, 0.3) is 0 Å². The molecule has 0 radical (unpaired) electrons. The monoisotopic (exact) mass is 400 g/mol. The van der Waals surface area contributed by atoms with Gasteiger partial charge in [-0.05, 0) is 69.1 Å². The summed E-state index contributed by atoms with van der Waals surface area (Å²) in [7, 11) is 0. The smallest absolute Gasteiger partial charge is 0.223 e. The zero-order valence-electron chi connectivity index (χ0n) is 16.7. The average Bonchev–Trinajstić information content (AvgIpc) is 2.69. The number of halogens is 1.